The first-order valence-corrected chi connectivity index (χ1v) is 4.85. The molecule has 1 aromatic carbocycles. The molecule has 2 rings (SSSR count). The highest BCUT2D eigenvalue weighted by Crippen LogP contribution is 2.12. The molecule has 72 valence electrons. The molecule has 0 atom stereocenters. The summed E-state index contributed by atoms with van der Waals surface area (Å²) in [5.74, 6) is 0.505. The van der Waals surface area contributed by atoms with Crippen LogP contribution < -0.4 is 5.32 Å². The lowest BCUT2D eigenvalue weighted by Crippen LogP contribution is -2.00. The second-order valence-electron chi connectivity index (χ2n) is 2.72. The monoisotopic (exact) mass is 253 g/mol. The first-order valence-electron chi connectivity index (χ1n) is 4.06. The van der Waals surface area contributed by atoms with Crippen LogP contribution in [0.5, 0.6) is 0 Å². The molecule has 2 aromatic rings. The van der Waals surface area contributed by atoms with Crippen molar-refractivity contribution in [2.75, 3.05) is 5.32 Å². The first kappa shape index (κ1) is 9.14. The number of aromatic amines is 1. The summed E-state index contributed by atoms with van der Waals surface area (Å²) in [5, 5.41) is 16.4. The van der Waals surface area contributed by atoms with Crippen molar-refractivity contribution in [3.63, 3.8) is 0 Å². The molecule has 0 bridgehead atoms. The van der Waals surface area contributed by atoms with Crippen molar-refractivity contribution in [3.8, 4) is 0 Å². The number of halogens is 1. The maximum Gasteiger partial charge on any atom is 0.263 e. The van der Waals surface area contributed by atoms with Crippen LogP contribution in [-0.4, -0.2) is 20.6 Å². The van der Waals surface area contributed by atoms with Gasteiger partial charge in [0.05, 0.1) is 0 Å². The van der Waals surface area contributed by atoms with E-state index >= 15 is 0 Å². The molecule has 0 amide bonds. The minimum atomic E-state index is 0.505. The highest BCUT2D eigenvalue weighted by atomic mass is 79.9. The smallest absolute Gasteiger partial charge is 0.263 e. The van der Waals surface area contributed by atoms with Gasteiger partial charge in [-0.2, -0.15) is 5.21 Å². The van der Waals surface area contributed by atoms with E-state index in [0.29, 0.717) is 12.5 Å². The Morgan fingerprint density at radius 1 is 1.43 bits per heavy atom. The molecule has 5 nitrogen and oxygen atoms in total. The fraction of sp³-hybridized carbons (Fsp3) is 0.125. The highest BCUT2D eigenvalue weighted by molar-refractivity contribution is 9.10. The Hall–Kier alpha value is -1.43. The fourth-order valence-corrected chi connectivity index (χ4v) is 1.51. The van der Waals surface area contributed by atoms with Crippen molar-refractivity contribution in [1.29, 1.82) is 0 Å². The van der Waals surface area contributed by atoms with Crippen molar-refractivity contribution in [2.24, 2.45) is 0 Å². The van der Waals surface area contributed by atoms with E-state index in [1.54, 1.807) is 0 Å². The SMILES string of the molecule is Brc1cccc(CNc2nn[nH]n2)c1. The Morgan fingerprint density at radius 2 is 2.36 bits per heavy atom. The van der Waals surface area contributed by atoms with Crippen molar-refractivity contribution in [3.05, 3.63) is 34.3 Å². The molecular weight excluding hydrogens is 246 g/mol. The molecule has 2 N–H and O–H groups in total. The highest BCUT2D eigenvalue weighted by Gasteiger charge is 1.97. The third-order valence-corrected chi connectivity index (χ3v) is 2.18. The van der Waals surface area contributed by atoms with Crippen molar-refractivity contribution >= 4 is 21.9 Å². The maximum absolute atomic E-state index is 3.78. The van der Waals surface area contributed by atoms with Crippen molar-refractivity contribution in [2.45, 2.75) is 6.54 Å². The van der Waals surface area contributed by atoms with Crippen LogP contribution >= 0.6 is 15.9 Å². The van der Waals surface area contributed by atoms with Crippen molar-refractivity contribution in [1.82, 2.24) is 20.6 Å². The van der Waals surface area contributed by atoms with Crippen LogP contribution in [0.25, 0.3) is 0 Å². The third-order valence-electron chi connectivity index (χ3n) is 1.68. The van der Waals surface area contributed by atoms with E-state index in [0.717, 1.165) is 10.0 Å². The fourth-order valence-electron chi connectivity index (χ4n) is 1.06. The van der Waals surface area contributed by atoms with Gasteiger partial charge in [0.1, 0.15) is 0 Å². The second-order valence-corrected chi connectivity index (χ2v) is 3.63. The number of H-pyrrole nitrogens is 1. The summed E-state index contributed by atoms with van der Waals surface area (Å²) in [6, 6.07) is 8.03. The number of hydrogen-bond acceptors (Lipinski definition) is 4. The molecule has 0 saturated heterocycles. The quantitative estimate of drug-likeness (QED) is 0.872. The minimum absolute atomic E-state index is 0.505. The Bertz CT molecular complexity index is 400. The molecule has 0 radical (unpaired) electrons. The lowest BCUT2D eigenvalue weighted by atomic mass is 10.2. The molecule has 0 aliphatic carbocycles. The van der Waals surface area contributed by atoms with Gasteiger partial charge in [-0.25, -0.2) is 0 Å². The minimum Gasteiger partial charge on any atom is -0.348 e. The van der Waals surface area contributed by atoms with Gasteiger partial charge in [-0.15, -0.1) is 5.10 Å². The zero-order valence-electron chi connectivity index (χ0n) is 7.24. The normalized spacial score (nSPS) is 10.1. The number of benzene rings is 1. The predicted octanol–water partition coefficient (Wildman–Crippen LogP) is 1.57. The van der Waals surface area contributed by atoms with Crippen LogP contribution in [-0.2, 0) is 6.54 Å². The number of aromatic nitrogens is 4. The molecule has 1 aromatic heterocycles. The lowest BCUT2D eigenvalue weighted by Gasteiger charge is -2.01. The maximum atomic E-state index is 3.78. The Labute approximate surface area is 89.0 Å². The van der Waals surface area contributed by atoms with E-state index < -0.39 is 0 Å². The van der Waals surface area contributed by atoms with Crippen LogP contribution in [0.4, 0.5) is 5.95 Å². The number of rotatable bonds is 3. The van der Waals surface area contributed by atoms with E-state index in [2.05, 4.69) is 41.9 Å². The van der Waals surface area contributed by atoms with Crippen LogP contribution in [0.1, 0.15) is 5.56 Å². The summed E-state index contributed by atoms with van der Waals surface area (Å²) >= 11 is 3.40. The molecular formula is C8H8BrN5. The van der Waals surface area contributed by atoms with Crippen LogP contribution in [0, 0.1) is 0 Å². The second kappa shape index (κ2) is 4.19. The molecule has 0 unspecified atom stereocenters. The van der Waals surface area contributed by atoms with Gasteiger partial charge in [0, 0.05) is 11.0 Å². The average Bonchev–Trinajstić information content (AvgIpc) is 2.67. The molecule has 0 spiro atoms. The number of tetrazole rings is 1. The summed E-state index contributed by atoms with van der Waals surface area (Å²) in [5.41, 5.74) is 1.16. The predicted molar refractivity (Wildman–Crippen MR) is 55.6 cm³/mol. The van der Waals surface area contributed by atoms with Crippen LogP contribution in [0.2, 0.25) is 0 Å². The van der Waals surface area contributed by atoms with Gasteiger partial charge < -0.3 is 5.32 Å². The largest absolute Gasteiger partial charge is 0.348 e. The summed E-state index contributed by atoms with van der Waals surface area (Å²) in [4.78, 5) is 0. The number of anilines is 1. The van der Waals surface area contributed by atoms with Crippen LogP contribution in [0.15, 0.2) is 28.7 Å². The molecule has 0 aliphatic heterocycles. The van der Waals surface area contributed by atoms with E-state index in [1.807, 2.05) is 24.3 Å². The summed E-state index contributed by atoms with van der Waals surface area (Å²) in [6.07, 6.45) is 0. The van der Waals surface area contributed by atoms with E-state index in [4.69, 9.17) is 0 Å². The van der Waals surface area contributed by atoms with Crippen LogP contribution in [0.3, 0.4) is 0 Å². The molecule has 14 heavy (non-hydrogen) atoms. The Balaban J connectivity index is 1.98. The third kappa shape index (κ3) is 2.29. The topological polar surface area (TPSA) is 66.5 Å². The van der Waals surface area contributed by atoms with Crippen molar-refractivity contribution < 1.29 is 0 Å². The lowest BCUT2D eigenvalue weighted by molar-refractivity contribution is 0.881. The van der Waals surface area contributed by atoms with E-state index in [-0.39, 0.29) is 0 Å². The van der Waals surface area contributed by atoms with Gasteiger partial charge in [-0.1, -0.05) is 33.2 Å². The van der Waals surface area contributed by atoms with Gasteiger partial charge in [-0.05, 0) is 22.9 Å². The number of nitrogens with one attached hydrogen (secondary N) is 2. The number of nitrogens with zero attached hydrogens (tertiary/aromatic N) is 3. The van der Waals surface area contributed by atoms with Gasteiger partial charge in [0.25, 0.3) is 5.95 Å². The first-order chi connectivity index (χ1) is 6.84. The number of hydrogen-bond donors (Lipinski definition) is 2. The van der Waals surface area contributed by atoms with E-state index in [9.17, 15) is 0 Å². The molecule has 6 heteroatoms. The van der Waals surface area contributed by atoms with Gasteiger partial charge in [0.2, 0.25) is 0 Å². The molecule has 0 saturated carbocycles. The van der Waals surface area contributed by atoms with Gasteiger partial charge in [-0.3, -0.25) is 0 Å². The Morgan fingerprint density at radius 3 is 3.07 bits per heavy atom. The zero-order chi connectivity index (χ0) is 9.80. The average molecular weight is 254 g/mol. The van der Waals surface area contributed by atoms with E-state index in [1.165, 1.54) is 0 Å². The Kier molecular flexibility index (Phi) is 2.73. The molecule has 1 heterocycles. The summed E-state index contributed by atoms with van der Waals surface area (Å²) in [7, 11) is 0. The van der Waals surface area contributed by atoms with Gasteiger partial charge >= 0.3 is 0 Å². The molecule has 0 aliphatic rings. The summed E-state index contributed by atoms with van der Waals surface area (Å²) < 4.78 is 1.06. The van der Waals surface area contributed by atoms with Gasteiger partial charge in [0.15, 0.2) is 0 Å². The standard InChI is InChI=1S/C8H8BrN5/c9-7-3-1-2-6(4-7)5-10-8-11-13-14-12-8/h1-4H,5H2,(H2,10,11,12,13,14). The zero-order valence-corrected chi connectivity index (χ0v) is 8.82. The molecule has 0 fully saturated rings. The summed E-state index contributed by atoms with van der Waals surface area (Å²) in [6.45, 7) is 0.680.